The van der Waals surface area contributed by atoms with Gasteiger partial charge in [0.2, 0.25) is 0 Å². The summed E-state index contributed by atoms with van der Waals surface area (Å²) in [6.45, 7) is 1.38. The minimum absolute atomic E-state index is 0.0337. The third-order valence-electron chi connectivity index (χ3n) is 2.82. The first kappa shape index (κ1) is 15.0. The van der Waals surface area contributed by atoms with Gasteiger partial charge in [-0.2, -0.15) is 0 Å². The van der Waals surface area contributed by atoms with Crippen LogP contribution in [0.25, 0.3) is 0 Å². The molecule has 4 heteroatoms. The van der Waals surface area contributed by atoms with E-state index in [4.69, 9.17) is 9.84 Å². The molecule has 1 N–H and O–H groups in total. The summed E-state index contributed by atoms with van der Waals surface area (Å²) < 4.78 is 32.6. The number of aliphatic hydroxyl groups is 1. The van der Waals surface area contributed by atoms with E-state index >= 15 is 0 Å². The average molecular weight is 288 g/mol. The Kier molecular flexibility index (Phi) is 4.91. The average Bonchev–Trinajstić information content (AvgIpc) is 2.46. The maximum absolute atomic E-state index is 13.8. The van der Waals surface area contributed by atoms with Crippen LogP contribution in [0.15, 0.2) is 36.4 Å². The number of benzene rings is 2. The van der Waals surface area contributed by atoms with E-state index in [0.717, 1.165) is 0 Å². The third kappa shape index (κ3) is 4.04. The van der Waals surface area contributed by atoms with Gasteiger partial charge in [-0.25, -0.2) is 8.78 Å². The highest BCUT2D eigenvalue weighted by atomic mass is 19.1. The summed E-state index contributed by atoms with van der Waals surface area (Å²) in [5.41, 5.74) is 1.46. The zero-order valence-electron chi connectivity index (χ0n) is 11.5. The second-order valence-corrected chi connectivity index (χ2v) is 4.48. The number of rotatable bonds is 3. The van der Waals surface area contributed by atoms with Crippen LogP contribution in [0.5, 0.6) is 5.75 Å². The molecule has 0 aliphatic heterocycles. The SMILES string of the molecule is Cc1cccc(OCc2cc(F)cc(C#CCO)c2)c1F. The Morgan fingerprint density at radius 2 is 2.00 bits per heavy atom. The molecule has 0 radical (unpaired) electrons. The van der Waals surface area contributed by atoms with E-state index in [2.05, 4.69) is 11.8 Å². The molecular weight excluding hydrogens is 274 g/mol. The molecule has 2 rings (SSSR count). The zero-order chi connectivity index (χ0) is 15.2. The molecule has 108 valence electrons. The molecule has 2 nitrogen and oxygen atoms in total. The lowest BCUT2D eigenvalue weighted by atomic mass is 10.1. The van der Waals surface area contributed by atoms with Gasteiger partial charge in [0, 0.05) is 5.56 Å². The van der Waals surface area contributed by atoms with Crippen LogP contribution in [0.4, 0.5) is 8.78 Å². The molecule has 0 fully saturated rings. The largest absolute Gasteiger partial charge is 0.486 e. The van der Waals surface area contributed by atoms with Gasteiger partial charge in [-0.1, -0.05) is 24.0 Å². The lowest BCUT2D eigenvalue weighted by molar-refractivity contribution is 0.289. The van der Waals surface area contributed by atoms with Gasteiger partial charge in [0.05, 0.1) is 0 Å². The molecule has 0 unspecified atom stereocenters. The van der Waals surface area contributed by atoms with Crippen LogP contribution in [0.1, 0.15) is 16.7 Å². The third-order valence-corrected chi connectivity index (χ3v) is 2.82. The summed E-state index contributed by atoms with van der Waals surface area (Å²) in [6.07, 6.45) is 0. The molecule has 0 aliphatic carbocycles. The van der Waals surface area contributed by atoms with Crippen molar-refractivity contribution in [3.05, 3.63) is 64.7 Å². The van der Waals surface area contributed by atoms with Crippen molar-refractivity contribution in [3.63, 3.8) is 0 Å². The quantitative estimate of drug-likeness (QED) is 0.879. The fourth-order valence-electron chi connectivity index (χ4n) is 1.84. The minimum atomic E-state index is -0.456. The molecule has 0 saturated heterocycles. The van der Waals surface area contributed by atoms with Crippen LogP contribution in [-0.4, -0.2) is 11.7 Å². The van der Waals surface area contributed by atoms with Crippen molar-refractivity contribution >= 4 is 0 Å². The molecule has 21 heavy (non-hydrogen) atoms. The smallest absolute Gasteiger partial charge is 0.167 e. The number of hydrogen-bond donors (Lipinski definition) is 1. The summed E-state index contributed by atoms with van der Waals surface area (Å²) in [4.78, 5) is 0. The molecular formula is C17H14F2O2. The number of aliphatic hydroxyl groups excluding tert-OH is 1. The van der Waals surface area contributed by atoms with Crippen molar-refractivity contribution in [2.24, 2.45) is 0 Å². The van der Waals surface area contributed by atoms with Crippen LogP contribution < -0.4 is 4.74 Å². The standard InChI is InChI=1S/C17H14F2O2/c1-12-4-2-6-16(17(12)19)21-11-14-8-13(5-3-7-20)9-15(18)10-14/h2,4,6,8-10,20H,7,11H2,1H3. The summed E-state index contributed by atoms with van der Waals surface area (Å²) in [7, 11) is 0. The van der Waals surface area contributed by atoms with E-state index in [1.807, 2.05) is 0 Å². The Hall–Kier alpha value is -2.38. The van der Waals surface area contributed by atoms with Gasteiger partial charge >= 0.3 is 0 Å². The van der Waals surface area contributed by atoms with Crippen molar-refractivity contribution < 1.29 is 18.6 Å². The van der Waals surface area contributed by atoms with Crippen molar-refractivity contribution in [2.45, 2.75) is 13.5 Å². The lowest BCUT2D eigenvalue weighted by Crippen LogP contribution is -1.99. The Morgan fingerprint density at radius 3 is 2.76 bits per heavy atom. The highest BCUT2D eigenvalue weighted by Crippen LogP contribution is 2.21. The summed E-state index contributed by atoms with van der Waals surface area (Å²) >= 11 is 0. The molecule has 2 aromatic carbocycles. The number of halogens is 2. The van der Waals surface area contributed by atoms with Gasteiger partial charge in [-0.15, -0.1) is 0 Å². The second-order valence-electron chi connectivity index (χ2n) is 4.48. The summed E-state index contributed by atoms with van der Waals surface area (Å²) in [5.74, 6) is 4.32. The first-order chi connectivity index (χ1) is 10.1. The predicted molar refractivity (Wildman–Crippen MR) is 75.8 cm³/mol. The van der Waals surface area contributed by atoms with Gasteiger partial charge in [-0.05, 0) is 42.3 Å². The molecule has 0 heterocycles. The van der Waals surface area contributed by atoms with E-state index in [1.165, 1.54) is 18.2 Å². The fraction of sp³-hybridized carbons (Fsp3) is 0.176. The van der Waals surface area contributed by atoms with Crippen LogP contribution in [-0.2, 0) is 6.61 Å². The van der Waals surface area contributed by atoms with E-state index in [9.17, 15) is 8.78 Å². The highest BCUT2D eigenvalue weighted by Gasteiger charge is 2.07. The molecule has 0 spiro atoms. The van der Waals surface area contributed by atoms with Crippen molar-refractivity contribution in [3.8, 4) is 17.6 Å². The topological polar surface area (TPSA) is 29.5 Å². The highest BCUT2D eigenvalue weighted by molar-refractivity contribution is 5.38. The van der Waals surface area contributed by atoms with Crippen LogP contribution in [0.2, 0.25) is 0 Å². The number of hydrogen-bond acceptors (Lipinski definition) is 2. The van der Waals surface area contributed by atoms with Gasteiger partial charge in [0.15, 0.2) is 11.6 Å². The van der Waals surface area contributed by atoms with Gasteiger partial charge in [0.1, 0.15) is 19.0 Å². The maximum atomic E-state index is 13.8. The molecule has 0 bridgehead atoms. The Bertz CT molecular complexity index is 700. The molecule has 0 amide bonds. The van der Waals surface area contributed by atoms with Crippen LogP contribution in [0.3, 0.4) is 0 Å². The van der Waals surface area contributed by atoms with Crippen LogP contribution in [0, 0.1) is 30.4 Å². The van der Waals surface area contributed by atoms with Gasteiger partial charge < -0.3 is 9.84 Å². The molecule has 0 atom stereocenters. The minimum Gasteiger partial charge on any atom is -0.486 e. The summed E-state index contributed by atoms with van der Waals surface area (Å²) in [5, 5.41) is 8.64. The monoisotopic (exact) mass is 288 g/mol. The number of ether oxygens (including phenoxy) is 1. The normalized spacial score (nSPS) is 9.90. The lowest BCUT2D eigenvalue weighted by Gasteiger charge is -2.09. The molecule has 0 aromatic heterocycles. The van der Waals surface area contributed by atoms with Crippen molar-refractivity contribution in [1.82, 2.24) is 0 Å². The van der Waals surface area contributed by atoms with Gasteiger partial charge in [-0.3, -0.25) is 0 Å². The number of aryl methyl sites for hydroxylation is 1. The molecule has 2 aromatic rings. The first-order valence-corrected chi connectivity index (χ1v) is 6.37. The van der Waals surface area contributed by atoms with Crippen molar-refractivity contribution in [1.29, 1.82) is 0 Å². The van der Waals surface area contributed by atoms with Gasteiger partial charge in [0.25, 0.3) is 0 Å². The van der Waals surface area contributed by atoms with Crippen molar-refractivity contribution in [2.75, 3.05) is 6.61 Å². The first-order valence-electron chi connectivity index (χ1n) is 6.37. The van der Waals surface area contributed by atoms with E-state index in [1.54, 1.807) is 25.1 Å². The van der Waals surface area contributed by atoms with E-state index in [0.29, 0.717) is 16.7 Å². The fourth-order valence-corrected chi connectivity index (χ4v) is 1.84. The van der Waals surface area contributed by atoms with Crippen LogP contribution >= 0.6 is 0 Å². The molecule has 0 saturated carbocycles. The zero-order valence-corrected chi connectivity index (χ0v) is 11.5. The predicted octanol–water partition coefficient (Wildman–Crippen LogP) is 3.20. The Balaban J connectivity index is 2.16. The summed E-state index contributed by atoms with van der Waals surface area (Å²) in [6, 6.07) is 9.06. The maximum Gasteiger partial charge on any atom is 0.167 e. The molecule has 0 aliphatic rings. The second kappa shape index (κ2) is 6.87. The Labute approximate surface area is 122 Å². The Morgan fingerprint density at radius 1 is 1.19 bits per heavy atom. The van der Waals surface area contributed by atoms with E-state index in [-0.39, 0.29) is 19.0 Å². The van der Waals surface area contributed by atoms with E-state index < -0.39 is 11.6 Å².